The molecule has 2 amide bonds. The predicted molar refractivity (Wildman–Crippen MR) is 97.6 cm³/mol. The first-order chi connectivity index (χ1) is 13.3. The summed E-state index contributed by atoms with van der Waals surface area (Å²) >= 11 is 0. The minimum Gasteiger partial charge on any atom is -0.348 e. The Kier molecular flexibility index (Phi) is 4.27. The van der Waals surface area contributed by atoms with Gasteiger partial charge in [0.1, 0.15) is 4.90 Å². The number of carbonyl (C=O) groups is 2. The molecule has 1 saturated heterocycles. The minimum absolute atomic E-state index is 0.0291. The molecule has 2 aliphatic carbocycles. The lowest BCUT2D eigenvalue weighted by Crippen LogP contribution is -2.61. The van der Waals surface area contributed by atoms with Gasteiger partial charge in [-0.3, -0.25) is 14.9 Å². The van der Waals surface area contributed by atoms with Crippen LogP contribution in [0.1, 0.15) is 43.7 Å². The molecule has 3 atom stereocenters. The van der Waals surface area contributed by atoms with Crippen molar-refractivity contribution in [2.24, 2.45) is 11.8 Å². The topological polar surface area (TPSA) is 70.2 Å². The molecule has 1 aliphatic heterocycles. The van der Waals surface area contributed by atoms with Crippen molar-refractivity contribution < 1.29 is 29.0 Å². The van der Waals surface area contributed by atoms with Crippen molar-refractivity contribution in [1.29, 1.82) is 0 Å². The molecule has 0 radical (unpaired) electrons. The average Bonchev–Trinajstić information content (AvgIpc) is 3.50. The first-order valence-electron chi connectivity index (χ1n) is 9.50. The molecule has 3 N–H and O–H groups in total. The van der Waals surface area contributed by atoms with E-state index in [0.29, 0.717) is 23.6 Å². The van der Waals surface area contributed by atoms with Crippen molar-refractivity contribution in [3.63, 3.8) is 0 Å². The monoisotopic (exact) mass is 439 g/mol. The summed E-state index contributed by atoms with van der Waals surface area (Å²) in [7, 11) is -9.73. The molecule has 0 bridgehead atoms. The number of benzene rings is 1. The molecule has 4 rings (SSSR count). The van der Waals surface area contributed by atoms with Gasteiger partial charge in [0.15, 0.2) is 0 Å². The third-order valence-electron chi connectivity index (χ3n) is 5.57. The lowest BCUT2D eigenvalue weighted by molar-refractivity contribution is -0.132. The van der Waals surface area contributed by atoms with E-state index in [2.05, 4.69) is 16.0 Å². The van der Waals surface area contributed by atoms with Crippen molar-refractivity contribution in [3.05, 3.63) is 29.8 Å². The summed E-state index contributed by atoms with van der Waals surface area (Å²) < 4.78 is 64.7. The van der Waals surface area contributed by atoms with Crippen LogP contribution in [0.2, 0.25) is 0 Å². The highest BCUT2D eigenvalue weighted by Gasteiger charge is 2.65. The number of carbonyl (C=O) groups excluding carboxylic acids is 2. The Hall–Kier alpha value is -1.88. The third-order valence-corrected chi connectivity index (χ3v) is 6.74. The molecule has 1 aromatic carbocycles. The molecule has 2 saturated carbocycles. The molecule has 11 heteroatoms. The van der Waals surface area contributed by atoms with Crippen molar-refractivity contribution in [2.45, 2.75) is 55.2 Å². The van der Waals surface area contributed by atoms with E-state index in [1.54, 1.807) is 0 Å². The third kappa shape index (κ3) is 4.82. The molecule has 2 unspecified atom stereocenters. The molecule has 0 aromatic heterocycles. The molecule has 1 heterocycles. The lowest BCUT2D eigenvalue weighted by atomic mass is 10.0. The zero-order valence-corrected chi connectivity index (χ0v) is 16.2. The molecule has 0 spiro atoms. The normalized spacial score (nSPS) is 28.7. The van der Waals surface area contributed by atoms with Crippen LogP contribution in [0.5, 0.6) is 0 Å². The van der Waals surface area contributed by atoms with Crippen LogP contribution in [0.15, 0.2) is 29.2 Å². The summed E-state index contributed by atoms with van der Waals surface area (Å²) in [4.78, 5) is 22.7. The van der Waals surface area contributed by atoms with Crippen LogP contribution in [-0.4, -0.2) is 24.0 Å². The summed E-state index contributed by atoms with van der Waals surface area (Å²) in [5.41, 5.74) is 0.338. The Labute approximate surface area is 164 Å². The van der Waals surface area contributed by atoms with Gasteiger partial charge in [0.2, 0.25) is 11.8 Å². The van der Waals surface area contributed by atoms with Crippen LogP contribution in [0.4, 0.5) is 19.4 Å². The standard InChI is InChI=1S/C18H22F5N3O2S/c19-29(20,21,22,23)13-7-5-11(6-8-13)16(10-1-2-10)26-18(28)14-9-15(27)25-17(24-14)12-3-4-12/h5-8,10,12,14,16-17,24H,1-4,9H2,(H,25,27)(H,26,28)/t14?,16-,17?/m1/s1. The molecule has 3 aliphatic rings. The average molecular weight is 439 g/mol. The maximum absolute atomic E-state index is 12.9. The molecule has 29 heavy (non-hydrogen) atoms. The van der Waals surface area contributed by atoms with Gasteiger partial charge >= 0.3 is 10.2 Å². The first-order valence-corrected chi connectivity index (χ1v) is 11.5. The fourth-order valence-corrected chi connectivity index (χ4v) is 4.33. The van der Waals surface area contributed by atoms with Crippen LogP contribution in [0.3, 0.4) is 0 Å². The summed E-state index contributed by atoms with van der Waals surface area (Å²) in [5.74, 6) is -0.321. The van der Waals surface area contributed by atoms with Crippen LogP contribution < -0.4 is 16.0 Å². The number of amides is 2. The molecule has 5 nitrogen and oxygen atoms in total. The van der Waals surface area contributed by atoms with Gasteiger partial charge in [-0.15, -0.1) is 0 Å². The van der Waals surface area contributed by atoms with Crippen molar-refractivity contribution in [2.75, 3.05) is 0 Å². The largest absolute Gasteiger partial charge is 0.348 e. The summed E-state index contributed by atoms with van der Waals surface area (Å²) in [6.07, 6.45) is 3.19. The van der Waals surface area contributed by atoms with E-state index >= 15 is 0 Å². The second kappa shape index (κ2) is 6.07. The number of hydrogen-bond acceptors (Lipinski definition) is 3. The zero-order chi connectivity index (χ0) is 21.1. The van der Waals surface area contributed by atoms with Gasteiger partial charge in [0.25, 0.3) is 0 Å². The fraction of sp³-hybridized carbons (Fsp3) is 0.556. The SMILES string of the molecule is O=C1CC(C(=O)N[C@@H](c2ccc(S(F)(F)(F)(F)F)cc2)C2CC2)NC(C2CC2)N1. The highest BCUT2D eigenvalue weighted by molar-refractivity contribution is 8.45. The molecular weight excluding hydrogens is 417 g/mol. The Morgan fingerprint density at radius 2 is 1.66 bits per heavy atom. The van der Waals surface area contributed by atoms with Gasteiger partial charge in [0.05, 0.1) is 24.7 Å². The predicted octanol–water partition coefficient (Wildman–Crippen LogP) is 4.13. The summed E-state index contributed by atoms with van der Waals surface area (Å²) in [6.45, 7) is 0. The van der Waals surface area contributed by atoms with Gasteiger partial charge < -0.3 is 10.6 Å². The minimum atomic E-state index is -9.73. The van der Waals surface area contributed by atoms with Gasteiger partial charge in [0, 0.05) is 0 Å². The van der Waals surface area contributed by atoms with Crippen LogP contribution >= 0.6 is 10.2 Å². The summed E-state index contributed by atoms with van der Waals surface area (Å²) in [5, 5.41) is 8.72. The molecule has 3 fully saturated rings. The number of rotatable bonds is 6. The molecule has 1 aromatic rings. The van der Waals surface area contributed by atoms with E-state index in [9.17, 15) is 29.0 Å². The Bertz CT molecular complexity index is 838. The molecule has 162 valence electrons. The van der Waals surface area contributed by atoms with Crippen molar-refractivity contribution in [3.8, 4) is 0 Å². The summed E-state index contributed by atoms with van der Waals surface area (Å²) in [6, 6.07) is 1.40. The number of nitrogens with one attached hydrogen (secondary N) is 3. The Morgan fingerprint density at radius 1 is 1.03 bits per heavy atom. The van der Waals surface area contributed by atoms with Gasteiger partial charge in [-0.25, -0.2) is 0 Å². The van der Waals surface area contributed by atoms with Crippen molar-refractivity contribution >= 4 is 22.0 Å². The lowest BCUT2D eigenvalue weighted by Gasteiger charge is -2.40. The highest BCUT2D eigenvalue weighted by Crippen LogP contribution is 3.02. The van der Waals surface area contributed by atoms with Gasteiger partial charge in [-0.05, 0) is 55.2 Å². The second-order valence-electron chi connectivity index (χ2n) is 8.17. The first kappa shape index (κ1) is 20.4. The van der Waals surface area contributed by atoms with E-state index in [0.717, 1.165) is 37.8 Å². The Morgan fingerprint density at radius 3 is 2.17 bits per heavy atom. The number of halogens is 5. The fourth-order valence-electron chi connectivity index (χ4n) is 3.68. The van der Waals surface area contributed by atoms with E-state index in [-0.39, 0.29) is 24.4 Å². The van der Waals surface area contributed by atoms with Crippen molar-refractivity contribution in [1.82, 2.24) is 16.0 Å². The number of hydrogen-bond donors (Lipinski definition) is 3. The van der Waals surface area contributed by atoms with E-state index in [4.69, 9.17) is 0 Å². The van der Waals surface area contributed by atoms with Gasteiger partial charge in [-0.1, -0.05) is 31.6 Å². The second-order valence-corrected chi connectivity index (χ2v) is 10.6. The van der Waals surface area contributed by atoms with Crippen LogP contribution in [0.25, 0.3) is 0 Å². The smallest absolute Gasteiger partial charge is 0.310 e. The van der Waals surface area contributed by atoms with Crippen LogP contribution in [-0.2, 0) is 9.59 Å². The van der Waals surface area contributed by atoms with E-state index in [1.165, 1.54) is 0 Å². The van der Waals surface area contributed by atoms with E-state index < -0.39 is 33.1 Å². The maximum Gasteiger partial charge on any atom is 0.310 e. The Balaban J connectivity index is 1.48. The maximum atomic E-state index is 12.9. The highest BCUT2D eigenvalue weighted by atomic mass is 32.5. The van der Waals surface area contributed by atoms with Gasteiger partial charge in [-0.2, -0.15) is 0 Å². The molecular formula is C18H22F5N3O2S. The zero-order valence-electron chi connectivity index (χ0n) is 15.3. The van der Waals surface area contributed by atoms with Crippen LogP contribution in [0, 0.1) is 11.8 Å². The van der Waals surface area contributed by atoms with E-state index in [1.807, 2.05) is 0 Å². The quantitative estimate of drug-likeness (QED) is 0.584.